The van der Waals surface area contributed by atoms with Gasteiger partial charge in [-0.3, -0.25) is 0 Å². The normalized spacial score (nSPS) is 21.8. The lowest BCUT2D eigenvalue weighted by Gasteiger charge is -2.14. The minimum atomic E-state index is -0.408. The molecule has 1 fully saturated rings. The third kappa shape index (κ3) is 2.91. The van der Waals surface area contributed by atoms with E-state index in [9.17, 15) is 0 Å². The van der Waals surface area contributed by atoms with Crippen LogP contribution in [-0.2, 0) is 4.74 Å². The molecule has 0 unspecified atom stereocenters. The predicted molar refractivity (Wildman–Crippen MR) is 72.7 cm³/mol. The lowest BCUT2D eigenvalue weighted by atomic mass is 10.2. The van der Waals surface area contributed by atoms with Crippen LogP contribution in [0.25, 0.3) is 11.2 Å². The third-order valence-corrected chi connectivity index (χ3v) is 3.22. The fourth-order valence-corrected chi connectivity index (χ4v) is 2.19. The van der Waals surface area contributed by atoms with Crippen LogP contribution in [0.2, 0.25) is 0 Å². The number of imidazole rings is 1. The first-order valence-corrected chi connectivity index (χ1v) is 7.06. The minimum absolute atomic E-state index is 0.00170. The van der Waals surface area contributed by atoms with Gasteiger partial charge in [0.05, 0.1) is 19.3 Å². The molecule has 8 nitrogen and oxygen atoms in total. The molecule has 2 aromatic rings. The summed E-state index contributed by atoms with van der Waals surface area (Å²) in [6.07, 6.45) is 4.75. The Bertz CT molecular complexity index is 603. The number of aliphatic hydroxyl groups excluding tert-OH is 1. The average Bonchev–Trinajstić information content (AvgIpc) is 3.13. The molecule has 21 heavy (non-hydrogen) atoms. The van der Waals surface area contributed by atoms with Crippen LogP contribution in [0, 0.1) is 0 Å². The van der Waals surface area contributed by atoms with E-state index in [0.717, 1.165) is 19.3 Å². The van der Waals surface area contributed by atoms with Gasteiger partial charge < -0.3 is 19.4 Å². The summed E-state index contributed by atoms with van der Waals surface area (Å²) in [5.41, 5.74) is 1.09. The average molecular weight is 294 g/mol. The number of fused-ring (bicyclic) bond motifs is 1. The second kappa shape index (κ2) is 6.23. The molecule has 1 N–H and O–H groups in total. The van der Waals surface area contributed by atoms with Crippen molar-refractivity contribution in [3.8, 4) is 5.88 Å². The Kier molecular flexibility index (Phi) is 4.16. The maximum absolute atomic E-state index is 9.06. The SMILES string of the molecule is CCCOc1ncnc2c1ncn2O[C@@H]1CC[C@@H](CO)O1. The van der Waals surface area contributed by atoms with E-state index >= 15 is 0 Å². The lowest BCUT2D eigenvalue weighted by molar-refractivity contribution is -0.140. The molecule has 0 aromatic carbocycles. The van der Waals surface area contributed by atoms with Gasteiger partial charge in [-0.1, -0.05) is 6.92 Å². The Hall–Kier alpha value is -1.93. The van der Waals surface area contributed by atoms with E-state index in [1.165, 1.54) is 17.4 Å². The molecule has 1 saturated heterocycles. The van der Waals surface area contributed by atoms with Crippen molar-refractivity contribution in [1.82, 2.24) is 19.7 Å². The Morgan fingerprint density at radius 1 is 1.38 bits per heavy atom. The van der Waals surface area contributed by atoms with Crippen molar-refractivity contribution in [1.29, 1.82) is 0 Å². The van der Waals surface area contributed by atoms with Gasteiger partial charge in [0.15, 0.2) is 5.52 Å². The van der Waals surface area contributed by atoms with E-state index in [1.54, 1.807) is 0 Å². The van der Waals surface area contributed by atoms with E-state index in [1.807, 2.05) is 6.92 Å². The van der Waals surface area contributed by atoms with Crippen LogP contribution in [0.1, 0.15) is 26.2 Å². The van der Waals surface area contributed by atoms with Gasteiger partial charge >= 0.3 is 0 Å². The molecule has 1 aliphatic heterocycles. The number of nitrogens with zero attached hydrogens (tertiary/aromatic N) is 4. The standard InChI is InChI=1S/C13H18N4O4/c1-2-5-19-13-11-12(14-7-15-13)17(8-16-11)21-10-4-3-9(6-18)20-10/h7-10,18H,2-6H2,1H3/t9-,10+/m0/s1. The third-order valence-electron chi connectivity index (χ3n) is 3.22. The topological polar surface area (TPSA) is 91.5 Å². The summed E-state index contributed by atoms with van der Waals surface area (Å²) in [7, 11) is 0. The minimum Gasteiger partial charge on any atom is -0.476 e. The fraction of sp³-hybridized carbons (Fsp3) is 0.615. The number of aliphatic hydroxyl groups is 1. The van der Waals surface area contributed by atoms with Crippen molar-refractivity contribution in [2.24, 2.45) is 0 Å². The molecule has 2 aromatic heterocycles. The van der Waals surface area contributed by atoms with Gasteiger partial charge in [-0.05, 0) is 12.8 Å². The fourth-order valence-electron chi connectivity index (χ4n) is 2.19. The first kappa shape index (κ1) is 14.0. The molecule has 2 atom stereocenters. The van der Waals surface area contributed by atoms with Crippen LogP contribution in [0.5, 0.6) is 5.88 Å². The number of hydrogen-bond donors (Lipinski definition) is 1. The van der Waals surface area contributed by atoms with Gasteiger partial charge in [0.25, 0.3) is 0 Å². The van der Waals surface area contributed by atoms with Crippen LogP contribution in [-0.4, -0.2) is 50.4 Å². The molecule has 0 saturated carbocycles. The van der Waals surface area contributed by atoms with Crippen LogP contribution < -0.4 is 9.57 Å². The summed E-state index contributed by atoms with van der Waals surface area (Å²) in [4.78, 5) is 18.2. The molecule has 0 bridgehead atoms. The molecule has 114 valence electrons. The molecular formula is C13H18N4O4. The molecule has 3 rings (SSSR count). The smallest absolute Gasteiger partial charge is 0.245 e. The maximum atomic E-state index is 9.06. The molecule has 0 radical (unpaired) electrons. The molecule has 0 spiro atoms. The zero-order valence-electron chi connectivity index (χ0n) is 11.8. The lowest BCUT2D eigenvalue weighted by Crippen LogP contribution is -2.26. The molecular weight excluding hydrogens is 276 g/mol. The van der Waals surface area contributed by atoms with Gasteiger partial charge in [0.1, 0.15) is 12.7 Å². The highest BCUT2D eigenvalue weighted by Gasteiger charge is 2.27. The van der Waals surface area contributed by atoms with Crippen molar-refractivity contribution >= 4 is 11.2 Å². The highest BCUT2D eigenvalue weighted by atomic mass is 16.8. The number of ether oxygens (including phenoxy) is 2. The van der Waals surface area contributed by atoms with E-state index < -0.39 is 6.29 Å². The molecule has 8 heteroatoms. The number of hydrogen-bond acceptors (Lipinski definition) is 7. The Morgan fingerprint density at radius 2 is 2.29 bits per heavy atom. The first-order valence-electron chi connectivity index (χ1n) is 7.06. The quantitative estimate of drug-likeness (QED) is 0.831. The van der Waals surface area contributed by atoms with Crippen molar-refractivity contribution in [2.45, 2.75) is 38.6 Å². The highest BCUT2D eigenvalue weighted by Crippen LogP contribution is 2.22. The zero-order valence-corrected chi connectivity index (χ0v) is 11.8. The monoisotopic (exact) mass is 294 g/mol. The van der Waals surface area contributed by atoms with Gasteiger partial charge in [0, 0.05) is 6.42 Å². The van der Waals surface area contributed by atoms with Gasteiger partial charge in [0.2, 0.25) is 17.8 Å². The van der Waals surface area contributed by atoms with E-state index in [2.05, 4.69) is 15.0 Å². The largest absolute Gasteiger partial charge is 0.476 e. The Balaban J connectivity index is 1.77. The summed E-state index contributed by atoms with van der Waals surface area (Å²) in [6, 6.07) is 0. The summed E-state index contributed by atoms with van der Waals surface area (Å²) in [5, 5.41) is 9.06. The van der Waals surface area contributed by atoms with Crippen molar-refractivity contribution < 1.29 is 19.4 Å². The van der Waals surface area contributed by atoms with Gasteiger partial charge in [-0.15, -0.1) is 4.73 Å². The first-order chi connectivity index (χ1) is 10.3. The van der Waals surface area contributed by atoms with Gasteiger partial charge in [-0.25, -0.2) is 9.97 Å². The van der Waals surface area contributed by atoms with Crippen LogP contribution in [0.4, 0.5) is 0 Å². The van der Waals surface area contributed by atoms with Crippen molar-refractivity contribution in [2.75, 3.05) is 13.2 Å². The van der Waals surface area contributed by atoms with Crippen LogP contribution >= 0.6 is 0 Å². The zero-order chi connectivity index (χ0) is 14.7. The second-order valence-electron chi connectivity index (χ2n) is 4.82. The van der Waals surface area contributed by atoms with Crippen LogP contribution in [0.3, 0.4) is 0 Å². The molecule has 1 aliphatic rings. The van der Waals surface area contributed by atoms with Crippen molar-refractivity contribution in [3.05, 3.63) is 12.7 Å². The maximum Gasteiger partial charge on any atom is 0.245 e. The van der Waals surface area contributed by atoms with Gasteiger partial charge in [-0.2, -0.15) is 4.98 Å². The van der Waals surface area contributed by atoms with Crippen molar-refractivity contribution in [3.63, 3.8) is 0 Å². The summed E-state index contributed by atoms with van der Waals surface area (Å²) >= 11 is 0. The Morgan fingerprint density at radius 3 is 3.05 bits per heavy atom. The number of aromatic nitrogens is 4. The second-order valence-corrected chi connectivity index (χ2v) is 4.82. The summed E-state index contributed by atoms with van der Waals surface area (Å²) in [6.45, 7) is 2.60. The summed E-state index contributed by atoms with van der Waals surface area (Å²) < 4.78 is 12.5. The molecule has 0 aliphatic carbocycles. The van der Waals surface area contributed by atoms with E-state index in [-0.39, 0.29) is 12.7 Å². The summed E-state index contributed by atoms with van der Waals surface area (Å²) in [5.74, 6) is 0.449. The molecule has 0 amide bonds. The highest BCUT2D eigenvalue weighted by molar-refractivity contribution is 5.75. The van der Waals surface area contributed by atoms with Crippen LogP contribution in [0.15, 0.2) is 12.7 Å². The van der Waals surface area contributed by atoms with E-state index in [0.29, 0.717) is 23.7 Å². The molecule has 3 heterocycles. The predicted octanol–water partition coefficient (Wildman–Crippen LogP) is 0.541. The Labute approximate surface area is 121 Å². The van der Waals surface area contributed by atoms with E-state index in [4.69, 9.17) is 19.4 Å². The number of rotatable bonds is 6.